The summed E-state index contributed by atoms with van der Waals surface area (Å²) in [6.07, 6.45) is 1.04. The maximum Gasteiger partial charge on any atom is 0.283 e. The van der Waals surface area contributed by atoms with E-state index in [2.05, 4.69) is 10.0 Å². The lowest BCUT2D eigenvalue weighted by atomic mass is 10.1. The molecular weight excluding hydrogens is 418 g/mol. The van der Waals surface area contributed by atoms with Crippen LogP contribution < -0.4 is 20.4 Å². The SMILES string of the molecule is Cc1cccc2ccc(=O)n(OC[C@@H](O)CNCCc3ccc(NS(C)(=O)=O)cc3)c12. The highest BCUT2D eigenvalue weighted by atomic mass is 32.2. The predicted octanol–water partition coefficient (Wildman–Crippen LogP) is 1.30. The lowest BCUT2D eigenvalue weighted by molar-refractivity contribution is 0.0280. The number of nitrogens with one attached hydrogen (secondary N) is 2. The first kappa shape index (κ1) is 22.8. The molecule has 0 saturated carbocycles. The van der Waals surface area contributed by atoms with E-state index in [4.69, 9.17) is 4.84 Å². The van der Waals surface area contributed by atoms with Crippen LogP contribution >= 0.6 is 0 Å². The van der Waals surface area contributed by atoms with E-state index in [1.165, 1.54) is 10.8 Å². The van der Waals surface area contributed by atoms with Gasteiger partial charge in [0.15, 0.2) is 0 Å². The molecule has 0 bridgehead atoms. The minimum absolute atomic E-state index is 0.0216. The summed E-state index contributed by atoms with van der Waals surface area (Å²) in [4.78, 5) is 17.8. The summed E-state index contributed by atoms with van der Waals surface area (Å²) < 4.78 is 26.1. The smallest absolute Gasteiger partial charge is 0.283 e. The first-order valence-corrected chi connectivity index (χ1v) is 11.8. The van der Waals surface area contributed by atoms with E-state index >= 15 is 0 Å². The first-order chi connectivity index (χ1) is 14.7. The van der Waals surface area contributed by atoms with Gasteiger partial charge in [0.1, 0.15) is 12.7 Å². The van der Waals surface area contributed by atoms with E-state index in [-0.39, 0.29) is 12.2 Å². The van der Waals surface area contributed by atoms with Gasteiger partial charge in [-0.05, 0) is 49.2 Å². The van der Waals surface area contributed by atoms with Gasteiger partial charge in [0.25, 0.3) is 5.56 Å². The lowest BCUT2D eigenvalue weighted by Crippen LogP contribution is -2.37. The van der Waals surface area contributed by atoms with Gasteiger partial charge in [-0.25, -0.2) is 8.42 Å². The van der Waals surface area contributed by atoms with E-state index in [1.807, 2.05) is 37.3 Å². The number of anilines is 1. The highest BCUT2D eigenvalue weighted by Crippen LogP contribution is 2.15. The van der Waals surface area contributed by atoms with Crippen LogP contribution in [0.15, 0.2) is 59.4 Å². The number of pyridine rings is 1. The Hall–Kier alpha value is -2.88. The molecule has 0 aliphatic carbocycles. The molecule has 1 atom stereocenters. The maximum atomic E-state index is 12.2. The number of aliphatic hydroxyl groups excluding tert-OH is 1. The van der Waals surface area contributed by atoms with Crippen molar-refractivity contribution >= 4 is 26.6 Å². The quantitative estimate of drug-likeness (QED) is 0.406. The number of hydrogen-bond donors (Lipinski definition) is 3. The van der Waals surface area contributed by atoms with E-state index in [9.17, 15) is 18.3 Å². The fourth-order valence-corrected chi connectivity index (χ4v) is 3.80. The van der Waals surface area contributed by atoms with E-state index in [0.29, 0.717) is 30.7 Å². The summed E-state index contributed by atoms with van der Waals surface area (Å²) in [6, 6.07) is 16.1. The fraction of sp³-hybridized carbons (Fsp3) is 0.318. The molecule has 3 aromatic rings. The minimum atomic E-state index is -3.29. The number of para-hydroxylation sites is 1. The van der Waals surface area contributed by atoms with Crippen LogP contribution in [0.4, 0.5) is 5.69 Å². The predicted molar refractivity (Wildman–Crippen MR) is 122 cm³/mol. The summed E-state index contributed by atoms with van der Waals surface area (Å²) in [7, 11) is -3.29. The molecule has 0 aliphatic rings. The number of fused-ring (bicyclic) bond motifs is 1. The number of aromatic nitrogens is 1. The average molecular weight is 446 g/mol. The van der Waals surface area contributed by atoms with Gasteiger partial charge in [-0.3, -0.25) is 9.52 Å². The molecule has 0 spiro atoms. The molecule has 3 N–H and O–H groups in total. The summed E-state index contributed by atoms with van der Waals surface area (Å²) in [5.74, 6) is 0. The molecule has 0 aliphatic heterocycles. The summed E-state index contributed by atoms with van der Waals surface area (Å²) in [6.45, 7) is 2.82. The van der Waals surface area contributed by atoms with Crippen molar-refractivity contribution in [1.82, 2.24) is 10.0 Å². The highest BCUT2D eigenvalue weighted by molar-refractivity contribution is 7.92. The van der Waals surface area contributed by atoms with Crippen LogP contribution in [0.25, 0.3) is 10.9 Å². The van der Waals surface area contributed by atoms with Crippen molar-refractivity contribution in [3.05, 3.63) is 76.1 Å². The molecule has 8 nitrogen and oxygen atoms in total. The van der Waals surface area contributed by atoms with Gasteiger partial charge in [-0.1, -0.05) is 30.3 Å². The summed E-state index contributed by atoms with van der Waals surface area (Å²) in [5, 5.41) is 14.3. The Bertz CT molecular complexity index is 1190. The molecule has 1 aromatic heterocycles. The van der Waals surface area contributed by atoms with Gasteiger partial charge < -0.3 is 15.3 Å². The molecule has 1 heterocycles. The Morgan fingerprint density at radius 3 is 2.55 bits per heavy atom. The van der Waals surface area contributed by atoms with Crippen LogP contribution in [-0.4, -0.2) is 50.3 Å². The Labute approximate surface area is 181 Å². The number of benzene rings is 2. The zero-order chi connectivity index (χ0) is 22.4. The van der Waals surface area contributed by atoms with Crippen molar-refractivity contribution in [3.8, 4) is 0 Å². The van der Waals surface area contributed by atoms with Gasteiger partial charge in [0, 0.05) is 23.7 Å². The molecule has 0 amide bonds. The van der Waals surface area contributed by atoms with Crippen LogP contribution in [0.1, 0.15) is 11.1 Å². The zero-order valence-corrected chi connectivity index (χ0v) is 18.4. The standard InChI is InChI=1S/C22H27N3O5S/c1-16-4-3-5-18-8-11-21(27)25(22(16)18)30-15-20(26)14-23-13-12-17-6-9-19(10-7-17)24-31(2,28)29/h3-11,20,23-24,26H,12-15H2,1-2H3/t20-/m0/s1. The lowest BCUT2D eigenvalue weighted by Gasteiger charge is -2.16. The summed E-state index contributed by atoms with van der Waals surface area (Å²) >= 11 is 0. The van der Waals surface area contributed by atoms with Gasteiger partial charge in [0.2, 0.25) is 10.0 Å². The fourth-order valence-electron chi connectivity index (χ4n) is 3.24. The van der Waals surface area contributed by atoms with Gasteiger partial charge in [-0.2, -0.15) is 0 Å². The van der Waals surface area contributed by atoms with Crippen LogP contribution in [-0.2, 0) is 16.4 Å². The Morgan fingerprint density at radius 1 is 1.10 bits per heavy atom. The Balaban J connectivity index is 1.46. The van der Waals surface area contributed by atoms with Gasteiger partial charge in [0.05, 0.1) is 11.8 Å². The molecular formula is C22H27N3O5S. The molecule has 31 heavy (non-hydrogen) atoms. The van der Waals surface area contributed by atoms with Crippen molar-refractivity contribution in [2.45, 2.75) is 19.4 Å². The van der Waals surface area contributed by atoms with Gasteiger partial charge in [-0.15, -0.1) is 4.73 Å². The second-order valence-electron chi connectivity index (χ2n) is 7.45. The molecule has 0 fully saturated rings. The van der Waals surface area contributed by atoms with E-state index in [0.717, 1.165) is 22.8 Å². The first-order valence-electron chi connectivity index (χ1n) is 9.93. The topological polar surface area (TPSA) is 110 Å². The highest BCUT2D eigenvalue weighted by Gasteiger charge is 2.10. The molecule has 2 aromatic carbocycles. The van der Waals surface area contributed by atoms with Crippen molar-refractivity contribution in [1.29, 1.82) is 0 Å². The number of hydrogen-bond acceptors (Lipinski definition) is 6. The number of aryl methyl sites for hydroxylation is 1. The second-order valence-corrected chi connectivity index (χ2v) is 9.20. The normalized spacial score (nSPS) is 12.6. The van der Waals surface area contributed by atoms with Crippen LogP contribution in [0.2, 0.25) is 0 Å². The molecule has 0 saturated heterocycles. The van der Waals surface area contributed by atoms with Crippen LogP contribution in [0, 0.1) is 6.92 Å². The molecule has 9 heteroatoms. The van der Waals surface area contributed by atoms with Gasteiger partial charge >= 0.3 is 0 Å². The third kappa shape index (κ3) is 6.55. The summed E-state index contributed by atoms with van der Waals surface area (Å²) in [5.41, 5.74) is 2.89. The van der Waals surface area contributed by atoms with E-state index < -0.39 is 16.1 Å². The van der Waals surface area contributed by atoms with Crippen LogP contribution in [0.3, 0.4) is 0 Å². The zero-order valence-electron chi connectivity index (χ0n) is 17.5. The van der Waals surface area contributed by atoms with Crippen molar-refractivity contribution in [2.24, 2.45) is 0 Å². The number of rotatable bonds is 10. The molecule has 0 radical (unpaired) electrons. The number of nitrogens with zero attached hydrogens (tertiary/aromatic N) is 1. The van der Waals surface area contributed by atoms with Crippen molar-refractivity contribution < 1.29 is 18.4 Å². The third-order valence-corrected chi connectivity index (χ3v) is 5.31. The minimum Gasteiger partial charge on any atom is -0.407 e. The largest absolute Gasteiger partial charge is 0.407 e. The van der Waals surface area contributed by atoms with Crippen LogP contribution in [0.5, 0.6) is 0 Å². The number of aliphatic hydroxyl groups is 1. The molecule has 3 rings (SSSR count). The van der Waals surface area contributed by atoms with Crippen molar-refractivity contribution in [3.63, 3.8) is 0 Å². The molecule has 0 unspecified atom stereocenters. The van der Waals surface area contributed by atoms with E-state index in [1.54, 1.807) is 18.2 Å². The van der Waals surface area contributed by atoms with Crippen molar-refractivity contribution in [2.75, 3.05) is 30.7 Å². The Morgan fingerprint density at radius 2 is 1.84 bits per heavy atom. The second kappa shape index (κ2) is 9.95. The average Bonchev–Trinajstić information content (AvgIpc) is 2.71. The monoisotopic (exact) mass is 445 g/mol. The maximum absolute atomic E-state index is 12.2. The Kier molecular flexibility index (Phi) is 7.32. The molecule has 166 valence electrons. The third-order valence-electron chi connectivity index (χ3n) is 4.70. The number of sulfonamides is 1.